The van der Waals surface area contributed by atoms with Crippen LogP contribution < -0.4 is 19.1 Å². The van der Waals surface area contributed by atoms with Crippen LogP contribution in [0.15, 0.2) is 40.9 Å². The zero-order valence-electron chi connectivity index (χ0n) is 21.3. The fourth-order valence-electron chi connectivity index (χ4n) is 5.17. The Morgan fingerprint density at radius 2 is 1.87 bits per heavy atom. The first-order valence-corrected chi connectivity index (χ1v) is 14.2. The standard InChI is InChI=1S/C27H31N5O5S/c1-3-25(33)32-14-12-31(13-15-32)22-11-7-8-19(16-22)20-17-23(36-2)26-24(18-20)37-28-27(26)30-38(34,35)29-21-9-5-4-6-10-21/h1,7-8,11,16-18,21,29H,4-6,9-10,12-15H2,2H3,(H,28,30). The predicted octanol–water partition coefficient (Wildman–Crippen LogP) is 3.36. The minimum absolute atomic E-state index is 0.0824. The van der Waals surface area contributed by atoms with Gasteiger partial charge in [0.1, 0.15) is 11.1 Å². The van der Waals surface area contributed by atoms with Crippen LogP contribution in [-0.4, -0.2) is 63.7 Å². The lowest BCUT2D eigenvalue weighted by atomic mass is 9.96. The molecule has 2 N–H and O–H groups in total. The lowest BCUT2D eigenvalue weighted by molar-refractivity contribution is -0.125. The fourth-order valence-corrected chi connectivity index (χ4v) is 6.30. The zero-order valence-corrected chi connectivity index (χ0v) is 22.1. The Morgan fingerprint density at radius 3 is 2.58 bits per heavy atom. The van der Waals surface area contributed by atoms with Crippen LogP contribution in [0, 0.1) is 12.3 Å². The molecule has 1 saturated heterocycles. The maximum absolute atomic E-state index is 12.8. The molecule has 1 aliphatic heterocycles. The Bertz CT molecular complexity index is 1460. The number of nitrogens with zero attached hydrogens (tertiary/aromatic N) is 3. The molecule has 11 heteroatoms. The van der Waals surface area contributed by atoms with Crippen molar-refractivity contribution in [1.82, 2.24) is 14.8 Å². The van der Waals surface area contributed by atoms with Gasteiger partial charge in [0.05, 0.1) is 7.11 Å². The van der Waals surface area contributed by atoms with Gasteiger partial charge in [-0.1, -0.05) is 36.6 Å². The number of carbonyl (C=O) groups excluding carboxylic acids is 1. The number of hydrogen-bond acceptors (Lipinski definition) is 7. The second kappa shape index (κ2) is 10.9. The molecule has 5 rings (SSSR count). The monoisotopic (exact) mass is 537 g/mol. The minimum atomic E-state index is -3.83. The van der Waals surface area contributed by atoms with Crippen molar-refractivity contribution in [3.05, 3.63) is 36.4 Å². The van der Waals surface area contributed by atoms with Crippen LogP contribution in [0.2, 0.25) is 0 Å². The molecule has 0 unspecified atom stereocenters. The molecule has 1 saturated carbocycles. The molecule has 2 aliphatic rings. The van der Waals surface area contributed by atoms with Crippen molar-refractivity contribution < 1.29 is 22.5 Å². The van der Waals surface area contributed by atoms with Crippen molar-refractivity contribution in [2.75, 3.05) is 42.9 Å². The first kappa shape index (κ1) is 25.9. The summed E-state index contributed by atoms with van der Waals surface area (Å²) < 4.78 is 42.0. The van der Waals surface area contributed by atoms with Crippen LogP contribution in [0.5, 0.6) is 5.75 Å². The number of methoxy groups -OCH3 is 1. The third kappa shape index (κ3) is 5.56. The summed E-state index contributed by atoms with van der Waals surface area (Å²) >= 11 is 0. The molecule has 0 radical (unpaired) electrons. The van der Waals surface area contributed by atoms with Crippen molar-refractivity contribution in [2.24, 2.45) is 0 Å². The van der Waals surface area contributed by atoms with E-state index in [0.717, 1.165) is 48.9 Å². The van der Waals surface area contributed by atoms with Gasteiger partial charge in [0.25, 0.3) is 5.91 Å². The van der Waals surface area contributed by atoms with E-state index in [4.69, 9.17) is 15.7 Å². The molecule has 38 heavy (non-hydrogen) atoms. The molecule has 3 aromatic rings. The van der Waals surface area contributed by atoms with E-state index in [-0.39, 0.29) is 17.8 Å². The molecule has 1 aromatic heterocycles. The Morgan fingerprint density at radius 1 is 1.11 bits per heavy atom. The molecule has 200 valence electrons. The lowest BCUT2D eigenvalue weighted by Gasteiger charge is -2.35. The van der Waals surface area contributed by atoms with E-state index in [1.807, 2.05) is 30.3 Å². The average molecular weight is 538 g/mol. The summed E-state index contributed by atoms with van der Waals surface area (Å²) in [5.74, 6) is 2.43. The van der Waals surface area contributed by atoms with Crippen molar-refractivity contribution in [3.63, 3.8) is 0 Å². The second-order valence-electron chi connectivity index (χ2n) is 9.62. The van der Waals surface area contributed by atoms with Gasteiger partial charge in [-0.15, -0.1) is 6.42 Å². The maximum Gasteiger partial charge on any atom is 0.300 e. The average Bonchev–Trinajstić information content (AvgIpc) is 3.34. The van der Waals surface area contributed by atoms with E-state index in [0.29, 0.717) is 42.9 Å². The van der Waals surface area contributed by atoms with Gasteiger partial charge >= 0.3 is 10.2 Å². The summed E-state index contributed by atoms with van der Waals surface area (Å²) in [6.07, 6.45) is 10.1. The van der Waals surface area contributed by atoms with E-state index in [2.05, 4.69) is 31.5 Å². The number of anilines is 2. The van der Waals surface area contributed by atoms with E-state index < -0.39 is 10.2 Å². The summed E-state index contributed by atoms with van der Waals surface area (Å²) in [5.41, 5.74) is 3.20. The number of aromatic nitrogens is 1. The quantitative estimate of drug-likeness (QED) is 0.444. The number of benzene rings is 2. The first-order valence-electron chi connectivity index (χ1n) is 12.8. The molecule has 2 fully saturated rings. The number of ether oxygens (including phenoxy) is 1. The van der Waals surface area contributed by atoms with E-state index in [1.54, 1.807) is 4.90 Å². The number of amides is 1. The number of carbonyl (C=O) groups is 1. The van der Waals surface area contributed by atoms with E-state index in [9.17, 15) is 13.2 Å². The Hall–Kier alpha value is -3.75. The summed E-state index contributed by atoms with van der Waals surface area (Å²) in [7, 11) is -2.31. The van der Waals surface area contributed by atoms with Crippen LogP contribution in [0.25, 0.3) is 22.1 Å². The van der Waals surface area contributed by atoms with Crippen LogP contribution >= 0.6 is 0 Å². The highest BCUT2D eigenvalue weighted by Crippen LogP contribution is 2.38. The summed E-state index contributed by atoms with van der Waals surface area (Å²) in [4.78, 5) is 15.7. The highest BCUT2D eigenvalue weighted by Gasteiger charge is 2.24. The second-order valence-corrected chi connectivity index (χ2v) is 11.1. The fraction of sp³-hybridized carbons (Fsp3) is 0.407. The van der Waals surface area contributed by atoms with Crippen molar-refractivity contribution >= 4 is 38.6 Å². The Labute approximate surface area is 222 Å². The number of terminal acetylenes is 1. The van der Waals surface area contributed by atoms with Gasteiger partial charge in [0, 0.05) is 37.9 Å². The number of nitrogens with one attached hydrogen (secondary N) is 2. The highest BCUT2D eigenvalue weighted by atomic mass is 32.2. The molecule has 1 aliphatic carbocycles. The number of piperazine rings is 1. The summed E-state index contributed by atoms with van der Waals surface area (Å²) in [6.45, 7) is 2.50. The largest absolute Gasteiger partial charge is 0.496 e. The van der Waals surface area contributed by atoms with Gasteiger partial charge in [-0.05, 0) is 54.2 Å². The summed E-state index contributed by atoms with van der Waals surface area (Å²) in [6, 6.07) is 11.6. The zero-order chi connectivity index (χ0) is 26.7. The van der Waals surface area contributed by atoms with Gasteiger partial charge in [0.15, 0.2) is 11.4 Å². The van der Waals surface area contributed by atoms with Gasteiger partial charge in [0.2, 0.25) is 0 Å². The van der Waals surface area contributed by atoms with E-state index >= 15 is 0 Å². The smallest absolute Gasteiger partial charge is 0.300 e. The first-order chi connectivity index (χ1) is 18.4. The Kier molecular flexibility index (Phi) is 7.44. The molecule has 2 heterocycles. The van der Waals surface area contributed by atoms with Crippen molar-refractivity contribution in [1.29, 1.82) is 0 Å². The minimum Gasteiger partial charge on any atom is -0.496 e. The van der Waals surface area contributed by atoms with Gasteiger partial charge in [-0.3, -0.25) is 9.52 Å². The lowest BCUT2D eigenvalue weighted by Crippen LogP contribution is -2.48. The normalized spacial score (nSPS) is 16.8. The number of hydrogen-bond donors (Lipinski definition) is 2. The molecule has 0 atom stereocenters. The van der Waals surface area contributed by atoms with Gasteiger partial charge in [-0.25, -0.2) is 0 Å². The molecule has 2 aromatic carbocycles. The van der Waals surface area contributed by atoms with Crippen molar-refractivity contribution in [2.45, 2.75) is 38.1 Å². The topological polar surface area (TPSA) is 117 Å². The predicted molar refractivity (Wildman–Crippen MR) is 146 cm³/mol. The number of rotatable bonds is 7. The molecular formula is C27H31N5O5S. The summed E-state index contributed by atoms with van der Waals surface area (Å²) in [5, 5.41) is 4.45. The van der Waals surface area contributed by atoms with Gasteiger partial charge in [-0.2, -0.15) is 13.1 Å². The molecule has 0 bridgehead atoms. The van der Waals surface area contributed by atoms with E-state index in [1.165, 1.54) is 7.11 Å². The Balaban J connectivity index is 1.37. The maximum atomic E-state index is 12.8. The van der Waals surface area contributed by atoms with Crippen LogP contribution in [0.1, 0.15) is 32.1 Å². The number of fused-ring (bicyclic) bond motifs is 1. The van der Waals surface area contributed by atoms with Crippen LogP contribution in [-0.2, 0) is 15.0 Å². The van der Waals surface area contributed by atoms with Gasteiger partial charge < -0.3 is 19.1 Å². The molecular weight excluding hydrogens is 506 g/mol. The van der Waals surface area contributed by atoms with Crippen molar-refractivity contribution in [3.8, 4) is 29.2 Å². The molecule has 1 amide bonds. The third-order valence-corrected chi connectivity index (χ3v) is 8.26. The molecule has 10 nitrogen and oxygen atoms in total. The molecule has 0 spiro atoms. The highest BCUT2D eigenvalue weighted by molar-refractivity contribution is 7.90. The van der Waals surface area contributed by atoms with Crippen LogP contribution in [0.4, 0.5) is 11.5 Å². The van der Waals surface area contributed by atoms with Crippen LogP contribution in [0.3, 0.4) is 0 Å². The third-order valence-electron chi connectivity index (χ3n) is 7.15. The SMILES string of the molecule is C#CC(=O)N1CCN(c2cccc(-c3cc(OC)c4c(NS(=O)(=O)NC5CCCCC5)noc4c3)c2)CC1.